The summed E-state index contributed by atoms with van der Waals surface area (Å²) in [6, 6.07) is -1.03. The third-order valence-electron chi connectivity index (χ3n) is 6.76. The molecule has 1 saturated heterocycles. The van der Waals surface area contributed by atoms with Crippen LogP contribution < -0.4 is 38.8 Å². The van der Waals surface area contributed by atoms with E-state index in [0.29, 0.717) is 96.3 Å². The van der Waals surface area contributed by atoms with Gasteiger partial charge >= 0.3 is 6.01 Å². The number of unbranched alkanes of at least 4 members (excludes halogenated alkanes) is 1. The van der Waals surface area contributed by atoms with Crippen LogP contribution in [0.25, 0.3) is 0 Å². The topological polar surface area (TPSA) is 214 Å². The van der Waals surface area contributed by atoms with E-state index >= 15 is 0 Å². The number of anilines is 2. The number of nitrogens with one attached hydrogen (secondary N) is 1. The standard InChI is InChI=1S/C27H45N11O6.ClH/c1-3-13-42-15-17-44-18-16-43-14-8-30-25-31-26(33-27(32-25)41-2)37-11-9-36(10-12-37)24(40)23(6-4-5-7-28)38-19-22(34-35-38)21(29)20-39;/h1,19,21,23,39H,4-18,20,28-29H2,2H3,(H,30,31,32,33);1H/p-1/t21?,23-;/m0./s1. The first-order valence-electron chi connectivity index (χ1n) is 14.7. The van der Waals surface area contributed by atoms with Gasteiger partial charge in [0.1, 0.15) is 18.3 Å². The molecular formula is C27H45ClN11O6-. The van der Waals surface area contributed by atoms with Crippen LogP contribution in [0.15, 0.2) is 6.20 Å². The molecule has 2 aromatic heterocycles. The molecule has 0 saturated carbocycles. The maximum Gasteiger partial charge on any atom is 0.322 e. The van der Waals surface area contributed by atoms with Crippen molar-refractivity contribution in [3.8, 4) is 18.4 Å². The lowest BCUT2D eigenvalue weighted by atomic mass is 10.1. The van der Waals surface area contributed by atoms with E-state index in [0.717, 1.165) is 12.8 Å². The Morgan fingerprint density at radius 3 is 2.47 bits per heavy atom. The van der Waals surface area contributed by atoms with E-state index in [1.54, 1.807) is 15.8 Å². The van der Waals surface area contributed by atoms with Gasteiger partial charge in [-0.25, -0.2) is 4.68 Å². The van der Waals surface area contributed by atoms with Gasteiger partial charge in [0.2, 0.25) is 17.8 Å². The highest BCUT2D eigenvalue weighted by Gasteiger charge is 2.30. The van der Waals surface area contributed by atoms with E-state index in [2.05, 4.69) is 36.5 Å². The van der Waals surface area contributed by atoms with Crippen LogP contribution in [-0.2, 0) is 19.0 Å². The van der Waals surface area contributed by atoms with Crippen molar-refractivity contribution in [2.75, 3.05) is 103 Å². The number of ether oxygens (including phenoxy) is 4. The molecule has 0 radical (unpaired) electrons. The van der Waals surface area contributed by atoms with E-state index in [4.69, 9.17) is 36.8 Å². The number of aliphatic hydroxyl groups is 1. The van der Waals surface area contributed by atoms with E-state index in [1.807, 2.05) is 4.90 Å². The van der Waals surface area contributed by atoms with Crippen molar-refractivity contribution in [2.45, 2.75) is 31.3 Å². The summed E-state index contributed by atoms with van der Waals surface area (Å²) in [5, 5.41) is 20.7. The minimum absolute atomic E-state index is 0. The van der Waals surface area contributed by atoms with Crippen LogP contribution in [0.5, 0.6) is 6.01 Å². The molecule has 0 aliphatic carbocycles. The molecule has 17 nitrogen and oxygen atoms in total. The first-order valence-corrected chi connectivity index (χ1v) is 14.7. The van der Waals surface area contributed by atoms with Crippen LogP contribution in [0, 0.1) is 12.3 Å². The van der Waals surface area contributed by atoms with Crippen molar-refractivity contribution in [2.24, 2.45) is 11.5 Å². The van der Waals surface area contributed by atoms with Gasteiger partial charge in [0.05, 0.1) is 59.0 Å². The fourth-order valence-electron chi connectivity index (χ4n) is 4.36. The van der Waals surface area contributed by atoms with Gasteiger partial charge in [-0.2, -0.15) is 15.0 Å². The Morgan fingerprint density at radius 1 is 1.09 bits per heavy atom. The zero-order chi connectivity index (χ0) is 31.6. The normalized spacial score (nSPS) is 14.4. The smallest absolute Gasteiger partial charge is 0.322 e. The molecule has 6 N–H and O–H groups in total. The zero-order valence-electron chi connectivity index (χ0n) is 25.7. The van der Waals surface area contributed by atoms with Crippen LogP contribution in [0.3, 0.4) is 0 Å². The predicted molar refractivity (Wildman–Crippen MR) is 161 cm³/mol. The van der Waals surface area contributed by atoms with Gasteiger partial charge in [0.15, 0.2) is 0 Å². The number of nitrogens with two attached hydrogens (primary N) is 2. The monoisotopic (exact) mass is 654 g/mol. The largest absolute Gasteiger partial charge is 1.00 e. The maximum atomic E-state index is 13.6. The van der Waals surface area contributed by atoms with Crippen LogP contribution in [0.2, 0.25) is 0 Å². The van der Waals surface area contributed by atoms with Crippen molar-refractivity contribution in [1.29, 1.82) is 0 Å². The Bertz CT molecular complexity index is 1160. The molecule has 1 aliphatic heterocycles. The molecule has 1 aliphatic rings. The van der Waals surface area contributed by atoms with Crippen molar-refractivity contribution >= 4 is 17.8 Å². The SMILES string of the molecule is C#CCOCCOCCOCCNc1nc(OC)nc(N2CCN(C(=O)[C@H](CCCCN)n3cc(C(N)CO)nn3)CC2)n1.[Cl-]. The number of halogens is 1. The van der Waals surface area contributed by atoms with Gasteiger partial charge < -0.3 is 63.0 Å². The summed E-state index contributed by atoms with van der Waals surface area (Å²) in [4.78, 5) is 30.7. The number of rotatable bonds is 21. The third-order valence-corrected chi connectivity index (χ3v) is 6.76. The number of carbonyl (C=O) groups excluding carboxylic acids is 1. The summed E-state index contributed by atoms with van der Waals surface area (Å²) < 4.78 is 23.0. The molecule has 0 aromatic carbocycles. The molecule has 252 valence electrons. The summed E-state index contributed by atoms with van der Waals surface area (Å²) in [6.45, 7) is 5.20. The van der Waals surface area contributed by atoms with Crippen molar-refractivity contribution in [3.63, 3.8) is 0 Å². The van der Waals surface area contributed by atoms with E-state index in [-0.39, 0.29) is 37.5 Å². The molecule has 1 unspecified atom stereocenters. The maximum absolute atomic E-state index is 13.6. The molecule has 1 fully saturated rings. The fraction of sp³-hybridized carbons (Fsp3) is 0.704. The lowest BCUT2D eigenvalue weighted by Gasteiger charge is -2.36. The quantitative estimate of drug-likeness (QED) is 0.0738. The average Bonchev–Trinajstić information content (AvgIpc) is 3.55. The lowest BCUT2D eigenvalue weighted by Crippen LogP contribution is -3.00. The molecular weight excluding hydrogens is 610 g/mol. The van der Waals surface area contributed by atoms with Gasteiger partial charge in [0.25, 0.3) is 0 Å². The van der Waals surface area contributed by atoms with Gasteiger partial charge in [-0.1, -0.05) is 11.1 Å². The molecule has 18 heteroatoms. The number of hydrogen-bond donors (Lipinski definition) is 4. The number of piperazine rings is 1. The highest BCUT2D eigenvalue weighted by Crippen LogP contribution is 2.22. The molecule has 0 bridgehead atoms. The van der Waals surface area contributed by atoms with Gasteiger partial charge in [0, 0.05) is 32.7 Å². The molecule has 1 amide bonds. The van der Waals surface area contributed by atoms with E-state index in [9.17, 15) is 9.90 Å². The van der Waals surface area contributed by atoms with Gasteiger partial charge in [-0.15, -0.1) is 11.5 Å². The van der Waals surface area contributed by atoms with Gasteiger partial charge in [-0.05, 0) is 25.8 Å². The van der Waals surface area contributed by atoms with Crippen molar-refractivity contribution in [3.05, 3.63) is 11.9 Å². The van der Waals surface area contributed by atoms with Crippen LogP contribution in [0.4, 0.5) is 11.9 Å². The number of hydrogen-bond acceptors (Lipinski definition) is 15. The van der Waals surface area contributed by atoms with Crippen LogP contribution in [-0.4, -0.2) is 138 Å². The summed E-state index contributed by atoms with van der Waals surface area (Å²) in [5.74, 6) is 3.15. The van der Waals surface area contributed by atoms with Crippen LogP contribution >= 0.6 is 0 Å². The first kappa shape index (κ1) is 37.8. The minimum Gasteiger partial charge on any atom is -1.00 e. The molecule has 2 atom stereocenters. The fourth-order valence-corrected chi connectivity index (χ4v) is 4.36. The van der Waals surface area contributed by atoms with E-state index < -0.39 is 12.1 Å². The number of nitrogens with zero attached hydrogens (tertiary/aromatic N) is 8. The highest BCUT2D eigenvalue weighted by atomic mass is 35.5. The Hall–Kier alpha value is -3.37. The minimum atomic E-state index is -0.660. The van der Waals surface area contributed by atoms with E-state index in [1.165, 1.54) is 7.11 Å². The summed E-state index contributed by atoms with van der Waals surface area (Å²) in [6.07, 6.45) is 8.86. The average molecular weight is 655 g/mol. The predicted octanol–water partition coefficient (Wildman–Crippen LogP) is -4.42. The molecule has 3 heterocycles. The Balaban J connectivity index is 0.00000705. The summed E-state index contributed by atoms with van der Waals surface area (Å²) in [7, 11) is 1.49. The number of aliphatic hydroxyl groups excluding tert-OH is 1. The number of amides is 1. The first-order chi connectivity index (χ1) is 21.5. The second-order valence-corrected chi connectivity index (χ2v) is 9.88. The molecule has 2 aromatic rings. The summed E-state index contributed by atoms with van der Waals surface area (Å²) in [5.41, 5.74) is 12.0. The Labute approximate surface area is 269 Å². The number of methoxy groups -OCH3 is 1. The molecule has 45 heavy (non-hydrogen) atoms. The summed E-state index contributed by atoms with van der Waals surface area (Å²) >= 11 is 0. The van der Waals surface area contributed by atoms with Gasteiger partial charge in [-0.3, -0.25) is 4.79 Å². The highest BCUT2D eigenvalue weighted by molar-refractivity contribution is 5.80. The zero-order valence-corrected chi connectivity index (χ0v) is 26.5. The molecule has 0 spiro atoms. The van der Waals surface area contributed by atoms with Crippen molar-refractivity contribution in [1.82, 2.24) is 34.8 Å². The van der Waals surface area contributed by atoms with Crippen molar-refractivity contribution < 1.29 is 41.3 Å². The number of aromatic nitrogens is 6. The third kappa shape index (κ3) is 12.5. The van der Waals surface area contributed by atoms with Crippen LogP contribution in [0.1, 0.15) is 37.0 Å². The lowest BCUT2D eigenvalue weighted by molar-refractivity contribution is -0.135. The number of terminal acetylenes is 1. The Morgan fingerprint density at radius 2 is 1.80 bits per heavy atom. The molecule has 3 rings (SSSR count). The number of carbonyl (C=O) groups is 1. The second-order valence-electron chi connectivity index (χ2n) is 9.88. The Kier molecular flexibility index (Phi) is 18.0. The second kappa shape index (κ2) is 21.4.